The Bertz CT molecular complexity index is 608. The zero-order chi connectivity index (χ0) is 13.9. The Morgan fingerprint density at radius 2 is 1.95 bits per heavy atom. The zero-order valence-corrected chi connectivity index (χ0v) is 13.2. The molecular weight excluding hydrogens is 314 g/mol. The highest BCUT2D eigenvalue weighted by Gasteiger charge is 2.17. The summed E-state index contributed by atoms with van der Waals surface area (Å²) in [6.45, 7) is 0. The van der Waals surface area contributed by atoms with Gasteiger partial charge in [-0.15, -0.1) is 0 Å². The number of rotatable bonds is 3. The second kappa shape index (κ2) is 5.92. The molecule has 4 heteroatoms. The van der Waals surface area contributed by atoms with E-state index in [1.165, 1.54) is 29.7 Å². The fourth-order valence-electron chi connectivity index (χ4n) is 2.74. The van der Waals surface area contributed by atoms with Gasteiger partial charge in [0, 0.05) is 29.2 Å². The monoisotopic (exact) mass is 331 g/mol. The van der Waals surface area contributed by atoms with Crippen LogP contribution >= 0.6 is 15.9 Å². The number of nitrogens with one attached hydrogen (secondary N) is 1. The first-order valence-electron chi connectivity index (χ1n) is 7.07. The van der Waals surface area contributed by atoms with Crippen molar-refractivity contribution in [3.8, 4) is 0 Å². The van der Waals surface area contributed by atoms with Crippen LogP contribution in [0.15, 0.2) is 28.7 Å². The van der Waals surface area contributed by atoms with Gasteiger partial charge in [-0.05, 0) is 37.3 Å². The number of fused-ring (bicyclic) bond motifs is 1. The van der Waals surface area contributed by atoms with Gasteiger partial charge in [0.15, 0.2) is 0 Å². The molecule has 1 N–H and O–H groups in total. The molecular formula is C16H18BrN3. The molecule has 0 spiro atoms. The number of nitrogens with zero attached hydrogens (tertiary/aromatic N) is 2. The van der Waals surface area contributed by atoms with Gasteiger partial charge in [-0.25, -0.2) is 9.97 Å². The number of aromatic nitrogens is 2. The summed E-state index contributed by atoms with van der Waals surface area (Å²) < 4.78 is 1.12. The summed E-state index contributed by atoms with van der Waals surface area (Å²) in [5.41, 5.74) is 3.78. The third-order valence-corrected chi connectivity index (χ3v) is 4.55. The summed E-state index contributed by atoms with van der Waals surface area (Å²) in [4.78, 5) is 9.48. The van der Waals surface area contributed by atoms with E-state index in [0.717, 1.165) is 35.4 Å². The molecule has 104 valence electrons. The van der Waals surface area contributed by atoms with Gasteiger partial charge in [0.25, 0.3) is 0 Å². The quantitative estimate of drug-likeness (QED) is 0.930. The minimum Gasteiger partial charge on any atom is -0.373 e. The Hall–Kier alpha value is -1.42. The van der Waals surface area contributed by atoms with E-state index in [-0.39, 0.29) is 0 Å². The SMILES string of the molecule is CNc1nc(Cc2ccccc2Br)nc2c1CCCC2. The van der Waals surface area contributed by atoms with Gasteiger partial charge in [-0.1, -0.05) is 34.1 Å². The maximum absolute atomic E-state index is 4.79. The van der Waals surface area contributed by atoms with Crippen molar-refractivity contribution >= 4 is 21.7 Å². The molecule has 3 rings (SSSR count). The molecule has 1 aliphatic carbocycles. The third-order valence-electron chi connectivity index (χ3n) is 3.77. The van der Waals surface area contributed by atoms with Crippen molar-refractivity contribution in [1.29, 1.82) is 0 Å². The first-order valence-corrected chi connectivity index (χ1v) is 7.87. The Balaban J connectivity index is 1.96. The Morgan fingerprint density at radius 3 is 2.75 bits per heavy atom. The Kier molecular flexibility index (Phi) is 4.01. The lowest BCUT2D eigenvalue weighted by Gasteiger charge is -2.19. The van der Waals surface area contributed by atoms with Gasteiger partial charge in [0.1, 0.15) is 11.6 Å². The number of hydrogen-bond donors (Lipinski definition) is 1. The molecule has 2 aromatic rings. The molecule has 0 unspecified atom stereocenters. The molecule has 0 atom stereocenters. The van der Waals surface area contributed by atoms with E-state index in [9.17, 15) is 0 Å². The zero-order valence-electron chi connectivity index (χ0n) is 11.6. The summed E-state index contributed by atoms with van der Waals surface area (Å²) in [5, 5.41) is 3.23. The van der Waals surface area contributed by atoms with Crippen molar-refractivity contribution < 1.29 is 0 Å². The molecule has 1 aromatic carbocycles. The number of halogens is 1. The third kappa shape index (κ3) is 2.70. The van der Waals surface area contributed by atoms with Crippen molar-refractivity contribution in [3.05, 3.63) is 51.4 Å². The van der Waals surface area contributed by atoms with Gasteiger partial charge >= 0.3 is 0 Å². The van der Waals surface area contributed by atoms with E-state index < -0.39 is 0 Å². The van der Waals surface area contributed by atoms with E-state index >= 15 is 0 Å². The van der Waals surface area contributed by atoms with Crippen molar-refractivity contribution in [3.63, 3.8) is 0 Å². The molecule has 20 heavy (non-hydrogen) atoms. The predicted octanol–water partition coefficient (Wildman–Crippen LogP) is 3.75. The van der Waals surface area contributed by atoms with E-state index in [4.69, 9.17) is 9.97 Å². The van der Waals surface area contributed by atoms with E-state index in [0.29, 0.717) is 0 Å². The van der Waals surface area contributed by atoms with Crippen LogP contribution < -0.4 is 5.32 Å². The lowest BCUT2D eigenvalue weighted by atomic mass is 9.96. The molecule has 1 aromatic heterocycles. The van der Waals surface area contributed by atoms with Crippen LogP contribution in [-0.2, 0) is 19.3 Å². The van der Waals surface area contributed by atoms with Crippen LogP contribution in [0.3, 0.4) is 0 Å². The minimum atomic E-state index is 0.767. The van der Waals surface area contributed by atoms with Gasteiger partial charge < -0.3 is 5.32 Å². The minimum absolute atomic E-state index is 0.767. The summed E-state index contributed by atoms with van der Waals surface area (Å²) in [7, 11) is 1.94. The molecule has 0 aliphatic heterocycles. The molecule has 0 amide bonds. The average molecular weight is 332 g/mol. The summed E-state index contributed by atoms with van der Waals surface area (Å²) in [6, 6.07) is 8.26. The summed E-state index contributed by atoms with van der Waals surface area (Å²) in [5.74, 6) is 1.92. The molecule has 0 bridgehead atoms. The predicted molar refractivity (Wildman–Crippen MR) is 85.2 cm³/mol. The molecule has 1 heterocycles. The van der Waals surface area contributed by atoms with E-state index in [1.54, 1.807) is 0 Å². The van der Waals surface area contributed by atoms with Crippen LogP contribution in [0.4, 0.5) is 5.82 Å². The van der Waals surface area contributed by atoms with Crippen LogP contribution in [0, 0.1) is 0 Å². The molecule has 1 aliphatic rings. The Morgan fingerprint density at radius 1 is 1.15 bits per heavy atom. The lowest BCUT2D eigenvalue weighted by Crippen LogP contribution is -2.13. The first kappa shape index (κ1) is 13.6. The molecule has 0 saturated heterocycles. The maximum Gasteiger partial charge on any atom is 0.135 e. The second-order valence-corrected chi connectivity index (χ2v) is 5.99. The Labute approximate surface area is 128 Å². The fraction of sp³-hybridized carbons (Fsp3) is 0.375. The van der Waals surface area contributed by atoms with Crippen LogP contribution in [0.1, 0.15) is 35.5 Å². The van der Waals surface area contributed by atoms with Crippen molar-refractivity contribution in [2.24, 2.45) is 0 Å². The van der Waals surface area contributed by atoms with Crippen molar-refractivity contribution in [2.45, 2.75) is 32.1 Å². The van der Waals surface area contributed by atoms with Crippen LogP contribution in [-0.4, -0.2) is 17.0 Å². The molecule has 3 nitrogen and oxygen atoms in total. The van der Waals surface area contributed by atoms with Crippen molar-refractivity contribution in [1.82, 2.24) is 9.97 Å². The number of aryl methyl sites for hydroxylation is 1. The van der Waals surface area contributed by atoms with Gasteiger partial charge in [-0.2, -0.15) is 0 Å². The van der Waals surface area contributed by atoms with Crippen LogP contribution in [0.5, 0.6) is 0 Å². The topological polar surface area (TPSA) is 37.8 Å². The van der Waals surface area contributed by atoms with Crippen molar-refractivity contribution in [2.75, 3.05) is 12.4 Å². The first-order chi connectivity index (χ1) is 9.78. The van der Waals surface area contributed by atoms with Gasteiger partial charge in [-0.3, -0.25) is 0 Å². The smallest absolute Gasteiger partial charge is 0.135 e. The highest BCUT2D eigenvalue weighted by molar-refractivity contribution is 9.10. The normalized spacial score (nSPS) is 13.9. The number of anilines is 1. The highest BCUT2D eigenvalue weighted by Crippen LogP contribution is 2.26. The molecule has 0 fully saturated rings. The van der Waals surface area contributed by atoms with E-state index in [2.05, 4.69) is 39.4 Å². The number of benzene rings is 1. The summed E-state index contributed by atoms with van der Waals surface area (Å²) >= 11 is 3.59. The summed E-state index contributed by atoms with van der Waals surface area (Å²) in [6.07, 6.45) is 5.43. The van der Waals surface area contributed by atoms with E-state index in [1.807, 2.05) is 13.1 Å². The largest absolute Gasteiger partial charge is 0.373 e. The lowest BCUT2D eigenvalue weighted by molar-refractivity contribution is 0.657. The molecule has 0 radical (unpaired) electrons. The number of hydrogen-bond acceptors (Lipinski definition) is 3. The maximum atomic E-state index is 4.79. The second-order valence-electron chi connectivity index (χ2n) is 5.14. The average Bonchev–Trinajstić information content (AvgIpc) is 2.49. The molecule has 0 saturated carbocycles. The van der Waals surface area contributed by atoms with Crippen LogP contribution in [0.25, 0.3) is 0 Å². The standard InChI is InChI=1S/C16H18BrN3/c1-18-16-12-7-3-5-9-14(12)19-15(20-16)10-11-6-2-4-8-13(11)17/h2,4,6,8H,3,5,7,9-10H2,1H3,(H,18,19,20). The van der Waals surface area contributed by atoms with Gasteiger partial charge in [0.2, 0.25) is 0 Å². The highest BCUT2D eigenvalue weighted by atomic mass is 79.9. The fourth-order valence-corrected chi connectivity index (χ4v) is 3.17. The van der Waals surface area contributed by atoms with Crippen LogP contribution in [0.2, 0.25) is 0 Å². The van der Waals surface area contributed by atoms with Gasteiger partial charge in [0.05, 0.1) is 0 Å².